The lowest BCUT2D eigenvalue weighted by molar-refractivity contribution is -0.533. The predicted molar refractivity (Wildman–Crippen MR) is 75.5 cm³/mol. The van der Waals surface area contributed by atoms with Gasteiger partial charge in [-0.25, -0.2) is 4.58 Å². The zero-order valence-electron chi connectivity index (χ0n) is 10.9. The highest BCUT2D eigenvalue weighted by atomic mass is 15.0. The first-order valence-electron chi connectivity index (χ1n) is 6.48. The molecule has 1 heterocycles. The molecule has 0 saturated carbocycles. The summed E-state index contributed by atoms with van der Waals surface area (Å²) in [5.41, 5.74) is 4.18. The molecule has 1 nitrogen and oxygen atoms in total. The zero-order valence-corrected chi connectivity index (χ0v) is 10.9. The van der Waals surface area contributed by atoms with E-state index in [9.17, 15) is 0 Å². The Balaban J connectivity index is 2.17. The van der Waals surface area contributed by atoms with Crippen LogP contribution in [0.4, 0.5) is 0 Å². The molecule has 90 valence electrons. The maximum absolute atomic E-state index is 2.32. The van der Waals surface area contributed by atoms with Crippen molar-refractivity contribution in [2.45, 2.75) is 18.9 Å². The molecule has 0 unspecified atom stereocenters. The average Bonchev–Trinajstić information content (AvgIpc) is 2.41. The van der Waals surface area contributed by atoms with Gasteiger partial charge in [0.2, 0.25) is 0 Å². The number of rotatable bonds is 1. The van der Waals surface area contributed by atoms with Gasteiger partial charge >= 0.3 is 0 Å². The highest BCUT2D eigenvalue weighted by Gasteiger charge is 2.32. The van der Waals surface area contributed by atoms with Crippen LogP contribution in [0.1, 0.15) is 29.5 Å². The fourth-order valence-corrected chi connectivity index (χ4v) is 2.86. The molecule has 0 N–H and O–H groups in total. The second kappa shape index (κ2) is 4.41. The Morgan fingerprint density at radius 1 is 0.889 bits per heavy atom. The van der Waals surface area contributed by atoms with Crippen molar-refractivity contribution in [3.05, 3.63) is 71.3 Å². The van der Waals surface area contributed by atoms with Gasteiger partial charge in [0.25, 0.3) is 0 Å². The van der Waals surface area contributed by atoms with Crippen molar-refractivity contribution in [1.29, 1.82) is 0 Å². The third-order valence-corrected chi connectivity index (χ3v) is 3.96. The lowest BCUT2D eigenvalue weighted by Crippen LogP contribution is -2.33. The van der Waals surface area contributed by atoms with Crippen LogP contribution in [0.5, 0.6) is 0 Å². The van der Waals surface area contributed by atoms with E-state index in [4.69, 9.17) is 0 Å². The first kappa shape index (κ1) is 11.2. The smallest absolute Gasteiger partial charge is 0.170 e. The Hall–Kier alpha value is -1.89. The fourth-order valence-electron chi connectivity index (χ4n) is 2.86. The summed E-state index contributed by atoms with van der Waals surface area (Å²) in [6.07, 6.45) is 2.25. The van der Waals surface area contributed by atoms with E-state index in [1.54, 1.807) is 0 Å². The molecule has 0 radical (unpaired) electrons. The van der Waals surface area contributed by atoms with Crippen LogP contribution >= 0.6 is 0 Å². The van der Waals surface area contributed by atoms with Gasteiger partial charge in [0.1, 0.15) is 7.05 Å². The van der Waals surface area contributed by atoms with Crippen LogP contribution in [-0.2, 0) is 0 Å². The van der Waals surface area contributed by atoms with Crippen LogP contribution in [0.2, 0.25) is 0 Å². The van der Waals surface area contributed by atoms with Crippen molar-refractivity contribution in [3.8, 4) is 0 Å². The number of likely N-dealkylation sites (N-methyl/N-ethyl adjacent to an activating group) is 1. The van der Waals surface area contributed by atoms with Crippen molar-refractivity contribution in [3.63, 3.8) is 0 Å². The van der Waals surface area contributed by atoms with Crippen LogP contribution in [0, 0.1) is 0 Å². The molecule has 0 aliphatic carbocycles. The third-order valence-electron chi connectivity index (χ3n) is 3.96. The lowest BCUT2D eigenvalue weighted by Gasteiger charge is -2.26. The standard InChI is InChI=1S/C17H18N/c1-13-17(14-8-4-3-5-9-14)16-11-7-6-10-15(16)12-18(13)2/h3-13,17H,1-2H3/q+1/t13-,17+/m0/s1. The summed E-state index contributed by atoms with van der Waals surface area (Å²) < 4.78 is 2.32. The summed E-state index contributed by atoms with van der Waals surface area (Å²) in [6.45, 7) is 2.30. The van der Waals surface area contributed by atoms with E-state index in [-0.39, 0.29) is 0 Å². The predicted octanol–water partition coefficient (Wildman–Crippen LogP) is 3.28. The second-order valence-corrected chi connectivity index (χ2v) is 5.05. The van der Waals surface area contributed by atoms with E-state index >= 15 is 0 Å². The Labute approximate surface area is 108 Å². The molecule has 0 aromatic heterocycles. The Morgan fingerprint density at radius 2 is 1.56 bits per heavy atom. The zero-order chi connectivity index (χ0) is 12.5. The van der Waals surface area contributed by atoms with Gasteiger partial charge in [-0.2, -0.15) is 0 Å². The minimum atomic E-state index is 0.456. The van der Waals surface area contributed by atoms with E-state index in [0.29, 0.717) is 12.0 Å². The van der Waals surface area contributed by atoms with Gasteiger partial charge in [0.05, 0.1) is 5.92 Å². The van der Waals surface area contributed by atoms with Crippen molar-refractivity contribution >= 4 is 6.21 Å². The van der Waals surface area contributed by atoms with E-state index in [1.165, 1.54) is 16.7 Å². The lowest BCUT2D eigenvalue weighted by atomic mass is 9.81. The van der Waals surface area contributed by atoms with Crippen molar-refractivity contribution in [1.82, 2.24) is 0 Å². The van der Waals surface area contributed by atoms with Gasteiger partial charge in [-0.3, -0.25) is 0 Å². The molecular formula is C17H18N+. The molecule has 2 aromatic carbocycles. The van der Waals surface area contributed by atoms with Crippen LogP contribution in [0.15, 0.2) is 54.6 Å². The van der Waals surface area contributed by atoms with E-state index in [2.05, 4.69) is 79.4 Å². The Morgan fingerprint density at radius 3 is 2.33 bits per heavy atom. The molecule has 1 heteroatoms. The molecule has 2 atom stereocenters. The van der Waals surface area contributed by atoms with Gasteiger partial charge in [0.15, 0.2) is 12.3 Å². The van der Waals surface area contributed by atoms with Crippen LogP contribution in [-0.4, -0.2) is 23.9 Å². The summed E-state index contributed by atoms with van der Waals surface area (Å²) in [5, 5.41) is 0. The first-order valence-corrected chi connectivity index (χ1v) is 6.48. The number of nitrogens with zero attached hydrogens (tertiary/aromatic N) is 1. The molecule has 0 saturated heterocycles. The third kappa shape index (κ3) is 1.76. The monoisotopic (exact) mass is 236 g/mol. The van der Waals surface area contributed by atoms with Gasteiger partial charge in [-0.1, -0.05) is 48.5 Å². The van der Waals surface area contributed by atoms with E-state index < -0.39 is 0 Å². The molecule has 1 aliphatic heterocycles. The highest BCUT2D eigenvalue weighted by Crippen LogP contribution is 2.33. The number of fused-ring (bicyclic) bond motifs is 1. The molecule has 0 amide bonds. The molecule has 3 rings (SSSR count). The van der Waals surface area contributed by atoms with Crippen LogP contribution < -0.4 is 0 Å². The summed E-state index contributed by atoms with van der Waals surface area (Å²) >= 11 is 0. The number of benzene rings is 2. The number of hydrogen-bond donors (Lipinski definition) is 0. The van der Waals surface area contributed by atoms with E-state index in [0.717, 1.165) is 0 Å². The quantitative estimate of drug-likeness (QED) is 0.668. The summed E-state index contributed by atoms with van der Waals surface area (Å²) in [5.74, 6) is 0.456. The molecule has 1 aliphatic rings. The fraction of sp³-hybridized carbons (Fsp3) is 0.235. The van der Waals surface area contributed by atoms with Crippen molar-refractivity contribution in [2.24, 2.45) is 0 Å². The van der Waals surface area contributed by atoms with Crippen molar-refractivity contribution < 1.29 is 4.58 Å². The molecule has 2 aromatic rings. The van der Waals surface area contributed by atoms with E-state index in [1.807, 2.05) is 0 Å². The topological polar surface area (TPSA) is 3.01 Å². The highest BCUT2D eigenvalue weighted by molar-refractivity contribution is 5.80. The van der Waals surface area contributed by atoms with Crippen LogP contribution in [0.25, 0.3) is 0 Å². The van der Waals surface area contributed by atoms with Crippen molar-refractivity contribution in [2.75, 3.05) is 7.05 Å². The maximum atomic E-state index is 2.32. The minimum Gasteiger partial charge on any atom is -0.235 e. The largest absolute Gasteiger partial charge is 0.235 e. The minimum absolute atomic E-state index is 0.456. The molecule has 18 heavy (non-hydrogen) atoms. The van der Waals surface area contributed by atoms with Gasteiger partial charge < -0.3 is 0 Å². The van der Waals surface area contributed by atoms with Gasteiger partial charge in [-0.15, -0.1) is 0 Å². The molecule has 0 fully saturated rings. The summed E-state index contributed by atoms with van der Waals surface area (Å²) in [6, 6.07) is 20.0. The van der Waals surface area contributed by atoms with Crippen LogP contribution in [0.3, 0.4) is 0 Å². The first-order chi connectivity index (χ1) is 8.77. The second-order valence-electron chi connectivity index (χ2n) is 5.05. The summed E-state index contributed by atoms with van der Waals surface area (Å²) in [7, 11) is 2.16. The van der Waals surface area contributed by atoms with Gasteiger partial charge in [0, 0.05) is 5.56 Å². The number of hydrogen-bond acceptors (Lipinski definition) is 0. The average molecular weight is 236 g/mol. The SMILES string of the molecule is C[C@H]1[C@H](c2ccccc2)c2ccccc2C=[N+]1C. The van der Waals surface area contributed by atoms with Gasteiger partial charge in [-0.05, 0) is 24.1 Å². The molecule has 0 spiro atoms. The molecular weight excluding hydrogens is 218 g/mol. The maximum Gasteiger partial charge on any atom is 0.170 e. The molecule has 0 bridgehead atoms. The Bertz CT molecular complexity index is 584. The summed E-state index contributed by atoms with van der Waals surface area (Å²) in [4.78, 5) is 0. The normalized spacial score (nSPS) is 22.2. The Kier molecular flexibility index (Phi) is 2.75.